The van der Waals surface area contributed by atoms with E-state index in [1.165, 1.54) is 0 Å². The summed E-state index contributed by atoms with van der Waals surface area (Å²) in [6, 6.07) is 16.7. The predicted octanol–water partition coefficient (Wildman–Crippen LogP) is 4.21. The molecule has 1 N–H and O–H groups in total. The van der Waals surface area contributed by atoms with Gasteiger partial charge in [0, 0.05) is 17.2 Å². The average Bonchev–Trinajstić information content (AvgIpc) is 3.11. The first kappa shape index (κ1) is 15.8. The van der Waals surface area contributed by atoms with Gasteiger partial charge in [-0.05, 0) is 36.8 Å². The summed E-state index contributed by atoms with van der Waals surface area (Å²) in [5.41, 5.74) is 3.24. The van der Waals surface area contributed by atoms with Crippen molar-refractivity contribution in [2.75, 3.05) is 7.11 Å². The van der Waals surface area contributed by atoms with Gasteiger partial charge in [0.15, 0.2) is 5.76 Å². The molecule has 5 nitrogen and oxygen atoms in total. The molecule has 122 valence electrons. The van der Waals surface area contributed by atoms with E-state index >= 15 is 0 Å². The largest absolute Gasteiger partial charge is 0.497 e. The summed E-state index contributed by atoms with van der Waals surface area (Å²) in [4.78, 5) is 11.0. The number of benzene rings is 2. The highest BCUT2D eigenvalue weighted by molar-refractivity contribution is 5.76. The molecular formula is C19H17NO4. The number of carboxylic acid groups (broad SMARTS) is 1. The molecule has 0 aliphatic heterocycles. The van der Waals surface area contributed by atoms with E-state index in [1.807, 2.05) is 42.5 Å². The third-order valence-corrected chi connectivity index (χ3v) is 3.96. The molecule has 0 saturated heterocycles. The Hall–Kier alpha value is -3.08. The van der Waals surface area contributed by atoms with E-state index in [2.05, 4.69) is 5.16 Å². The molecule has 1 heterocycles. The molecule has 0 aliphatic carbocycles. The molecule has 0 spiro atoms. The van der Waals surface area contributed by atoms with Gasteiger partial charge in [0.2, 0.25) is 0 Å². The van der Waals surface area contributed by atoms with Gasteiger partial charge in [-0.2, -0.15) is 0 Å². The van der Waals surface area contributed by atoms with Crippen molar-refractivity contribution in [3.63, 3.8) is 0 Å². The first-order valence-corrected chi connectivity index (χ1v) is 7.53. The Morgan fingerprint density at radius 3 is 2.29 bits per heavy atom. The molecule has 1 unspecified atom stereocenters. The minimum absolute atomic E-state index is 0.536. The Morgan fingerprint density at radius 1 is 1.08 bits per heavy atom. The van der Waals surface area contributed by atoms with Crippen LogP contribution >= 0.6 is 0 Å². The summed E-state index contributed by atoms with van der Waals surface area (Å²) >= 11 is 0. The van der Waals surface area contributed by atoms with E-state index in [9.17, 15) is 4.79 Å². The number of methoxy groups -OCH3 is 1. The molecule has 3 rings (SSSR count). The lowest BCUT2D eigenvalue weighted by atomic mass is 9.99. The van der Waals surface area contributed by atoms with Crippen LogP contribution in [0.15, 0.2) is 59.1 Å². The first-order valence-electron chi connectivity index (χ1n) is 7.53. The van der Waals surface area contributed by atoms with E-state index in [0.717, 1.165) is 22.4 Å². The van der Waals surface area contributed by atoms with Crippen molar-refractivity contribution < 1.29 is 19.2 Å². The minimum Gasteiger partial charge on any atom is -0.497 e. The maximum absolute atomic E-state index is 11.0. The molecule has 24 heavy (non-hydrogen) atoms. The van der Waals surface area contributed by atoms with E-state index in [-0.39, 0.29) is 0 Å². The van der Waals surface area contributed by atoms with Crippen molar-refractivity contribution in [3.8, 4) is 28.3 Å². The topological polar surface area (TPSA) is 72.6 Å². The smallest absolute Gasteiger partial charge is 0.310 e. The van der Waals surface area contributed by atoms with Crippen LogP contribution < -0.4 is 4.74 Å². The summed E-state index contributed by atoms with van der Waals surface area (Å²) in [7, 11) is 1.62. The van der Waals surface area contributed by atoms with E-state index in [1.54, 1.807) is 26.2 Å². The molecule has 0 aliphatic rings. The predicted molar refractivity (Wildman–Crippen MR) is 90.0 cm³/mol. The maximum atomic E-state index is 11.0. The minimum atomic E-state index is -0.842. The lowest BCUT2D eigenvalue weighted by molar-refractivity contribution is -0.138. The normalized spacial score (nSPS) is 11.9. The van der Waals surface area contributed by atoms with E-state index in [4.69, 9.17) is 14.4 Å². The fourth-order valence-electron chi connectivity index (χ4n) is 2.39. The second-order valence-corrected chi connectivity index (χ2v) is 5.49. The Kier molecular flexibility index (Phi) is 4.33. The van der Waals surface area contributed by atoms with Gasteiger partial charge in [0.1, 0.15) is 11.4 Å². The van der Waals surface area contributed by atoms with Crippen LogP contribution in [0.1, 0.15) is 18.4 Å². The zero-order valence-corrected chi connectivity index (χ0v) is 13.4. The molecule has 1 atom stereocenters. The monoisotopic (exact) mass is 323 g/mol. The molecule has 0 radical (unpaired) electrons. The Labute approximate surface area is 139 Å². The Balaban J connectivity index is 1.83. The standard InChI is InChI=1S/C19H17NO4/c1-12(19(21)22)13-3-5-14(6-4-13)17-11-18(24-20-17)15-7-9-16(23-2)10-8-15/h3-12H,1-2H3,(H,21,22). The highest BCUT2D eigenvalue weighted by atomic mass is 16.5. The lowest BCUT2D eigenvalue weighted by Crippen LogP contribution is -2.06. The molecule has 0 fully saturated rings. The van der Waals surface area contributed by atoms with Crippen molar-refractivity contribution in [1.82, 2.24) is 5.16 Å². The fraction of sp³-hybridized carbons (Fsp3) is 0.158. The maximum Gasteiger partial charge on any atom is 0.310 e. The first-order chi connectivity index (χ1) is 11.6. The molecule has 2 aromatic carbocycles. The van der Waals surface area contributed by atoms with Crippen molar-refractivity contribution in [2.45, 2.75) is 12.8 Å². The molecular weight excluding hydrogens is 306 g/mol. The number of rotatable bonds is 5. The number of carbonyl (C=O) groups is 1. The lowest BCUT2D eigenvalue weighted by Gasteiger charge is -2.06. The van der Waals surface area contributed by atoms with Gasteiger partial charge in [-0.15, -0.1) is 0 Å². The fourth-order valence-corrected chi connectivity index (χ4v) is 2.39. The van der Waals surface area contributed by atoms with Crippen molar-refractivity contribution in [3.05, 3.63) is 60.2 Å². The SMILES string of the molecule is COc1ccc(-c2cc(-c3ccc(C(C)C(=O)O)cc3)no2)cc1. The zero-order valence-electron chi connectivity index (χ0n) is 13.4. The second-order valence-electron chi connectivity index (χ2n) is 5.49. The van der Waals surface area contributed by atoms with Crippen LogP contribution in [-0.2, 0) is 4.79 Å². The van der Waals surface area contributed by atoms with Crippen LogP contribution in [-0.4, -0.2) is 23.3 Å². The zero-order chi connectivity index (χ0) is 17.1. The molecule has 5 heteroatoms. The summed E-state index contributed by atoms with van der Waals surface area (Å²) < 4.78 is 10.5. The number of aromatic nitrogens is 1. The third-order valence-electron chi connectivity index (χ3n) is 3.96. The van der Waals surface area contributed by atoms with Crippen molar-refractivity contribution in [1.29, 1.82) is 0 Å². The quantitative estimate of drug-likeness (QED) is 0.761. The van der Waals surface area contributed by atoms with Gasteiger partial charge in [-0.1, -0.05) is 29.4 Å². The summed E-state index contributed by atoms with van der Waals surface area (Å²) in [5.74, 6) is 0.0643. The highest BCUT2D eigenvalue weighted by Crippen LogP contribution is 2.28. The van der Waals surface area contributed by atoms with Crippen molar-refractivity contribution >= 4 is 5.97 Å². The molecule has 1 aromatic heterocycles. The molecule has 0 amide bonds. The second kappa shape index (κ2) is 6.58. The number of carboxylic acids is 1. The van der Waals surface area contributed by atoms with Crippen LogP contribution in [0.2, 0.25) is 0 Å². The van der Waals surface area contributed by atoms with Gasteiger partial charge in [0.25, 0.3) is 0 Å². The molecule has 0 bridgehead atoms. The van der Waals surface area contributed by atoms with Crippen LogP contribution in [0.25, 0.3) is 22.6 Å². The van der Waals surface area contributed by atoms with Gasteiger partial charge >= 0.3 is 5.97 Å². The number of hydrogen-bond donors (Lipinski definition) is 1. The third kappa shape index (κ3) is 3.15. The van der Waals surface area contributed by atoms with Crippen LogP contribution in [0, 0.1) is 0 Å². The summed E-state index contributed by atoms with van der Waals surface area (Å²) in [6.07, 6.45) is 0. The summed E-state index contributed by atoms with van der Waals surface area (Å²) in [6.45, 7) is 1.66. The van der Waals surface area contributed by atoms with Gasteiger partial charge < -0.3 is 14.4 Å². The van der Waals surface area contributed by atoms with Gasteiger partial charge in [0.05, 0.1) is 13.0 Å². The van der Waals surface area contributed by atoms with Gasteiger partial charge in [-0.3, -0.25) is 4.79 Å². The van der Waals surface area contributed by atoms with E-state index < -0.39 is 11.9 Å². The number of hydrogen-bond acceptors (Lipinski definition) is 4. The Morgan fingerprint density at radius 2 is 1.71 bits per heavy atom. The number of nitrogens with zero attached hydrogens (tertiary/aromatic N) is 1. The molecule has 0 saturated carbocycles. The average molecular weight is 323 g/mol. The van der Waals surface area contributed by atoms with Crippen molar-refractivity contribution in [2.24, 2.45) is 0 Å². The number of aliphatic carboxylic acids is 1. The number of ether oxygens (including phenoxy) is 1. The van der Waals surface area contributed by atoms with Crippen LogP contribution in [0.3, 0.4) is 0 Å². The Bertz CT molecular complexity index is 835. The highest BCUT2D eigenvalue weighted by Gasteiger charge is 2.14. The van der Waals surface area contributed by atoms with Crippen LogP contribution in [0.4, 0.5) is 0 Å². The molecule has 3 aromatic rings. The van der Waals surface area contributed by atoms with E-state index in [0.29, 0.717) is 11.5 Å². The summed E-state index contributed by atoms with van der Waals surface area (Å²) in [5, 5.41) is 13.1. The van der Waals surface area contributed by atoms with Crippen LogP contribution in [0.5, 0.6) is 5.75 Å². The van der Waals surface area contributed by atoms with Gasteiger partial charge in [-0.25, -0.2) is 0 Å².